The second kappa shape index (κ2) is 10.1. The van der Waals surface area contributed by atoms with Gasteiger partial charge in [-0.15, -0.1) is 0 Å². The van der Waals surface area contributed by atoms with Crippen molar-refractivity contribution in [3.05, 3.63) is 23.8 Å². The van der Waals surface area contributed by atoms with Gasteiger partial charge >= 0.3 is 6.61 Å². The Morgan fingerprint density at radius 1 is 1.24 bits per heavy atom. The van der Waals surface area contributed by atoms with Crippen molar-refractivity contribution in [2.45, 2.75) is 58.2 Å². The van der Waals surface area contributed by atoms with Crippen LogP contribution in [-0.4, -0.2) is 32.3 Å². The van der Waals surface area contributed by atoms with Gasteiger partial charge in [-0.05, 0) is 37.5 Å². The van der Waals surface area contributed by atoms with E-state index in [9.17, 15) is 8.78 Å². The van der Waals surface area contributed by atoms with Crippen LogP contribution in [0.5, 0.6) is 11.5 Å². The van der Waals surface area contributed by atoms with Gasteiger partial charge in [-0.1, -0.05) is 25.3 Å². The number of benzene rings is 1. The van der Waals surface area contributed by atoms with Crippen molar-refractivity contribution in [3.8, 4) is 11.5 Å². The second-order valence-electron chi connectivity index (χ2n) is 6.00. The van der Waals surface area contributed by atoms with E-state index in [1.807, 2.05) is 0 Å². The Balaban J connectivity index is 1.94. The van der Waals surface area contributed by atoms with Gasteiger partial charge in [0.15, 0.2) is 17.5 Å². The van der Waals surface area contributed by atoms with Crippen molar-refractivity contribution in [1.29, 1.82) is 0 Å². The molecular weight excluding hydrogens is 328 g/mol. The number of hydrogen-bond donors (Lipinski definition) is 2. The molecule has 0 atom stereocenters. The lowest BCUT2D eigenvalue weighted by atomic mass is 9.96. The number of ether oxygens (including phenoxy) is 2. The van der Waals surface area contributed by atoms with Crippen LogP contribution in [0.25, 0.3) is 0 Å². The number of hydrogen-bond acceptors (Lipinski definition) is 3. The Kier molecular flexibility index (Phi) is 7.76. The van der Waals surface area contributed by atoms with Crippen LogP contribution in [0.2, 0.25) is 0 Å². The van der Waals surface area contributed by atoms with Crippen LogP contribution in [0.15, 0.2) is 23.2 Å². The first-order valence-electron chi connectivity index (χ1n) is 8.80. The van der Waals surface area contributed by atoms with E-state index >= 15 is 0 Å². The zero-order valence-corrected chi connectivity index (χ0v) is 14.9. The average molecular weight is 355 g/mol. The number of rotatable bonds is 7. The summed E-state index contributed by atoms with van der Waals surface area (Å²) in [5, 5.41) is 6.69. The highest BCUT2D eigenvalue weighted by atomic mass is 19.3. The van der Waals surface area contributed by atoms with Crippen molar-refractivity contribution in [2.75, 3.05) is 13.7 Å². The number of nitrogens with one attached hydrogen (secondary N) is 2. The molecule has 1 fully saturated rings. The molecule has 1 aliphatic carbocycles. The van der Waals surface area contributed by atoms with Crippen LogP contribution in [0.3, 0.4) is 0 Å². The summed E-state index contributed by atoms with van der Waals surface area (Å²) in [6.07, 6.45) is 6.12. The van der Waals surface area contributed by atoms with Crippen molar-refractivity contribution in [1.82, 2.24) is 10.6 Å². The Bertz CT molecular complexity index is 561. The summed E-state index contributed by atoms with van der Waals surface area (Å²) in [6.45, 7) is -0.183. The summed E-state index contributed by atoms with van der Waals surface area (Å²) in [7, 11) is 1.74. The SMILES string of the molecule is CCOc1cc(CNC(=NC)NC2CCCCC2)ccc1OC(F)F. The van der Waals surface area contributed by atoms with E-state index in [-0.39, 0.29) is 5.75 Å². The number of aliphatic imine (C=N–C) groups is 1. The predicted octanol–water partition coefficient (Wildman–Crippen LogP) is 3.68. The molecule has 0 bridgehead atoms. The lowest BCUT2D eigenvalue weighted by molar-refractivity contribution is -0.0514. The fourth-order valence-electron chi connectivity index (χ4n) is 2.94. The topological polar surface area (TPSA) is 54.9 Å². The Morgan fingerprint density at radius 3 is 2.64 bits per heavy atom. The minimum Gasteiger partial charge on any atom is -0.490 e. The molecule has 1 aromatic carbocycles. The monoisotopic (exact) mass is 355 g/mol. The van der Waals surface area contributed by atoms with Gasteiger partial charge in [0.2, 0.25) is 0 Å². The van der Waals surface area contributed by atoms with Gasteiger partial charge in [-0.25, -0.2) is 0 Å². The largest absolute Gasteiger partial charge is 0.490 e. The third kappa shape index (κ3) is 6.40. The van der Waals surface area contributed by atoms with Crippen LogP contribution < -0.4 is 20.1 Å². The van der Waals surface area contributed by atoms with Crippen molar-refractivity contribution in [2.24, 2.45) is 4.99 Å². The van der Waals surface area contributed by atoms with E-state index in [0.717, 1.165) is 24.4 Å². The lowest BCUT2D eigenvalue weighted by Crippen LogP contribution is -2.43. The van der Waals surface area contributed by atoms with E-state index in [1.54, 1.807) is 26.1 Å². The van der Waals surface area contributed by atoms with Gasteiger partial charge in [-0.3, -0.25) is 4.99 Å². The van der Waals surface area contributed by atoms with E-state index in [4.69, 9.17) is 4.74 Å². The molecule has 7 heteroatoms. The number of halogens is 2. The number of nitrogens with zero attached hydrogens (tertiary/aromatic N) is 1. The Hall–Kier alpha value is -2.05. The van der Waals surface area contributed by atoms with Crippen LogP contribution >= 0.6 is 0 Å². The Labute approximate surface area is 147 Å². The van der Waals surface area contributed by atoms with E-state index in [0.29, 0.717) is 24.9 Å². The molecule has 0 spiro atoms. The Morgan fingerprint density at radius 2 is 2.00 bits per heavy atom. The maximum atomic E-state index is 12.4. The molecule has 0 amide bonds. The standard InChI is InChI=1S/C18H27F2N3O2/c1-3-24-16-11-13(9-10-15(16)25-17(19)20)12-22-18(21-2)23-14-7-5-4-6-8-14/h9-11,14,17H,3-8,12H2,1-2H3,(H2,21,22,23). The van der Waals surface area contributed by atoms with Crippen molar-refractivity contribution in [3.63, 3.8) is 0 Å². The maximum Gasteiger partial charge on any atom is 0.387 e. The van der Waals surface area contributed by atoms with E-state index < -0.39 is 6.61 Å². The summed E-state index contributed by atoms with van der Waals surface area (Å²) in [5.74, 6) is 1.11. The molecule has 140 valence electrons. The van der Waals surface area contributed by atoms with Gasteiger partial charge in [-0.2, -0.15) is 8.78 Å². The molecule has 0 saturated heterocycles. The normalized spacial score (nSPS) is 16.0. The molecular formula is C18H27F2N3O2. The predicted molar refractivity (Wildman–Crippen MR) is 94.5 cm³/mol. The fourth-order valence-corrected chi connectivity index (χ4v) is 2.94. The smallest absolute Gasteiger partial charge is 0.387 e. The number of guanidine groups is 1. The molecule has 0 aromatic heterocycles. The first kappa shape index (κ1) is 19.3. The zero-order valence-electron chi connectivity index (χ0n) is 14.9. The van der Waals surface area contributed by atoms with Gasteiger partial charge in [0.1, 0.15) is 0 Å². The van der Waals surface area contributed by atoms with Crippen LogP contribution in [-0.2, 0) is 6.54 Å². The van der Waals surface area contributed by atoms with Crippen molar-refractivity contribution >= 4 is 5.96 Å². The summed E-state index contributed by atoms with van der Waals surface area (Å²) in [6, 6.07) is 5.41. The lowest BCUT2D eigenvalue weighted by Gasteiger charge is -2.25. The summed E-state index contributed by atoms with van der Waals surface area (Å²) in [4.78, 5) is 4.25. The van der Waals surface area contributed by atoms with Crippen LogP contribution in [0.4, 0.5) is 8.78 Å². The van der Waals surface area contributed by atoms with E-state index in [1.165, 1.54) is 25.3 Å². The van der Waals surface area contributed by atoms with Gasteiger partial charge in [0, 0.05) is 19.6 Å². The fraction of sp³-hybridized carbons (Fsp3) is 0.611. The highest BCUT2D eigenvalue weighted by Crippen LogP contribution is 2.29. The molecule has 1 saturated carbocycles. The third-order valence-electron chi connectivity index (χ3n) is 4.15. The molecule has 1 aliphatic rings. The second-order valence-corrected chi connectivity index (χ2v) is 6.00. The minimum atomic E-state index is -2.87. The van der Waals surface area contributed by atoms with Gasteiger partial charge in [0.25, 0.3) is 0 Å². The first-order chi connectivity index (χ1) is 12.1. The van der Waals surface area contributed by atoms with Gasteiger partial charge < -0.3 is 20.1 Å². The maximum absolute atomic E-state index is 12.4. The molecule has 5 nitrogen and oxygen atoms in total. The molecule has 0 unspecified atom stereocenters. The van der Waals surface area contributed by atoms with Crippen LogP contribution in [0, 0.1) is 0 Å². The quantitative estimate of drug-likeness (QED) is 0.579. The molecule has 0 heterocycles. The van der Waals surface area contributed by atoms with Crippen LogP contribution in [0.1, 0.15) is 44.6 Å². The minimum absolute atomic E-state index is 0.0466. The molecule has 25 heavy (non-hydrogen) atoms. The summed E-state index contributed by atoms with van der Waals surface area (Å²) < 4.78 is 34.8. The summed E-state index contributed by atoms with van der Waals surface area (Å²) in [5.41, 5.74) is 0.900. The van der Waals surface area contributed by atoms with Gasteiger partial charge in [0.05, 0.1) is 6.61 Å². The van der Waals surface area contributed by atoms with Crippen molar-refractivity contribution < 1.29 is 18.3 Å². The molecule has 0 aliphatic heterocycles. The highest BCUT2D eigenvalue weighted by molar-refractivity contribution is 5.80. The summed E-state index contributed by atoms with van der Waals surface area (Å²) >= 11 is 0. The third-order valence-corrected chi connectivity index (χ3v) is 4.15. The zero-order chi connectivity index (χ0) is 18.1. The highest BCUT2D eigenvalue weighted by Gasteiger charge is 2.15. The number of alkyl halides is 2. The molecule has 0 radical (unpaired) electrons. The molecule has 2 N–H and O–H groups in total. The average Bonchev–Trinajstić information content (AvgIpc) is 2.61. The molecule has 2 rings (SSSR count). The first-order valence-corrected chi connectivity index (χ1v) is 8.80. The van der Waals surface area contributed by atoms with E-state index in [2.05, 4.69) is 20.4 Å². The molecule has 1 aromatic rings.